The molecule has 0 bridgehead atoms. The minimum Gasteiger partial charge on any atom is -0.480 e. The number of rotatable bonds is 8. The lowest BCUT2D eigenvalue weighted by atomic mass is 10.0. The number of amides is 2. The third-order valence-corrected chi connectivity index (χ3v) is 5.94. The van der Waals surface area contributed by atoms with Gasteiger partial charge in [-0.2, -0.15) is 0 Å². The number of hydrogen-bond acceptors (Lipinski definition) is 5. The van der Waals surface area contributed by atoms with E-state index in [1.165, 1.54) is 6.08 Å². The number of aromatic nitrogens is 1. The van der Waals surface area contributed by atoms with Crippen molar-refractivity contribution in [2.45, 2.75) is 12.5 Å². The Balaban J connectivity index is 1.42. The normalized spacial score (nSPS) is 13.2. The summed E-state index contributed by atoms with van der Waals surface area (Å²) < 4.78 is 10.7. The minimum atomic E-state index is -1.24. The molecule has 9 heteroatoms. The molecule has 2 amide bonds. The summed E-state index contributed by atoms with van der Waals surface area (Å²) in [7, 11) is 0. The van der Waals surface area contributed by atoms with Crippen molar-refractivity contribution in [3.63, 3.8) is 0 Å². The number of carbonyl (C=O) groups is 3. The molecule has 2 heterocycles. The number of carbonyl (C=O) groups excluding carboxylic acids is 2. The van der Waals surface area contributed by atoms with E-state index in [2.05, 4.69) is 15.6 Å². The summed E-state index contributed by atoms with van der Waals surface area (Å²) in [5.41, 5.74) is 2.41. The van der Waals surface area contributed by atoms with Crippen molar-refractivity contribution in [1.82, 2.24) is 15.6 Å². The molecule has 1 aliphatic rings. The molecule has 1 unspecified atom stereocenters. The van der Waals surface area contributed by atoms with Crippen molar-refractivity contribution in [1.29, 1.82) is 0 Å². The second-order valence-corrected chi connectivity index (χ2v) is 8.42. The molecule has 3 aromatic carbocycles. The second kappa shape index (κ2) is 10.3. The van der Waals surface area contributed by atoms with E-state index in [1.807, 2.05) is 24.3 Å². The largest absolute Gasteiger partial charge is 0.480 e. The van der Waals surface area contributed by atoms with E-state index in [9.17, 15) is 19.5 Å². The van der Waals surface area contributed by atoms with Crippen molar-refractivity contribution in [2.24, 2.45) is 0 Å². The van der Waals surface area contributed by atoms with Crippen LogP contribution in [0.2, 0.25) is 0 Å². The molecule has 4 aromatic rings. The fraction of sp³-hybridized carbons (Fsp3) is 0.107. The maximum absolute atomic E-state index is 13.3. The van der Waals surface area contributed by atoms with Crippen LogP contribution < -0.4 is 20.1 Å². The molecule has 1 atom stereocenters. The van der Waals surface area contributed by atoms with Crippen LogP contribution in [0.4, 0.5) is 0 Å². The lowest BCUT2D eigenvalue weighted by Crippen LogP contribution is -2.45. The first-order valence-electron chi connectivity index (χ1n) is 11.5. The molecule has 0 saturated heterocycles. The van der Waals surface area contributed by atoms with Gasteiger partial charge in [0.15, 0.2) is 11.5 Å². The number of para-hydroxylation sites is 1. The summed E-state index contributed by atoms with van der Waals surface area (Å²) >= 11 is 0. The van der Waals surface area contributed by atoms with Gasteiger partial charge in [-0.25, -0.2) is 4.79 Å². The zero-order chi connectivity index (χ0) is 25.8. The SMILES string of the molecule is O=C(NC(Cc1c[nH]c2ccccc12)C(=O)O)/C(=C/c1ccc2c(c1)OCO2)NC(=O)c1ccccc1. The van der Waals surface area contributed by atoms with E-state index in [1.54, 1.807) is 54.7 Å². The van der Waals surface area contributed by atoms with E-state index in [4.69, 9.17) is 9.47 Å². The van der Waals surface area contributed by atoms with Crippen LogP contribution in [0.15, 0.2) is 84.7 Å². The lowest BCUT2D eigenvalue weighted by molar-refractivity contribution is -0.141. The van der Waals surface area contributed by atoms with Gasteiger partial charge in [-0.1, -0.05) is 42.5 Å². The Labute approximate surface area is 211 Å². The van der Waals surface area contributed by atoms with Crippen LogP contribution in [0.5, 0.6) is 11.5 Å². The first-order chi connectivity index (χ1) is 18.0. The van der Waals surface area contributed by atoms with Gasteiger partial charge in [-0.15, -0.1) is 0 Å². The quantitative estimate of drug-likeness (QED) is 0.276. The highest BCUT2D eigenvalue weighted by Crippen LogP contribution is 2.33. The highest BCUT2D eigenvalue weighted by molar-refractivity contribution is 6.06. The third-order valence-electron chi connectivity index (χ3n) is 5.94. The molecular formula is C28H23N3O6. The Kier molecular flexibility index (Phi) is 6.58. The predicted octanol–water partition coefficient (Wildman–Crippen LogP) is 3.48. The van der Waals surface area contributed by atoms with Crippen LogP contribution in [0.25, 0.3) is 17.0 Å². The molecule has 5 rings (SSSR count). The number of carboxylic acid groups (broad SMARTS) is 1. The Morgan fingerprint density at radius 2 is 1.73 bits per heavy atom. The molecule has 0 saturated carbocycles. The van der Waals surface area contributed by atoms with Gasteiger partial charge in [0, 0.05) is 29.1 Å². The number of H-pyrrole nitrogens is 1. The van der Waals surface area contributed by atoms with E-state index in [0.717, 1.165) is 16.5 Å². The number of aromatic amines is 1. The molecule has 0 fully saturated rings. The molecule has 1 aromatic heterocycles. The maximum Gasteiger partial charge on any atom is 0.326 e. The first kappa shape index (κ1) is 23.7. The first-order valence-corrected chi connectivity index (χ1v) is 11.5. The molecule has 9 nitrogen and oxygen atoms in total. The van der Waals surface area contributed by atoms with E-state index in [-0.39, 0.29) is 18.9 Å². The number of benzene rings is 3. The number of fused-ring (bicyclic) bond motifs is 2. The van der Waals surface area contributed by atoms with Crippen LogP contribution in [-0.4, -0.2) is 40.7 Å². The summed E-state index contributed by atoms with van der Waals surface area (Å²) in [6, 6.07) is 19.8. The fourth-order valence-corrected chi connectivity index (χ4v) is 4.07. The molecule has 186 valence electrons. The number of nitrogens with one attached hydrogen (secondary N) is 3. The third kappa shape index (κ3) is 5.30. The average Bonchev–Trinajstić information content (AvgIpc) is 3.55. The van der Waals surface area contributed by atoms with Gasteiger partial charge < -0.3 is 30.2 Å². The summed E-state index contributed by atoms with van der Waals surface area (Å²) in [5, 5.41) is 15.9. The zero-order valence-electron chi connectivity index (χ0n) is 19.6. The molecular weight excluding hydrogens is 474 g/mol. The second-order valence-electron chi connectivity index (χ2n) is 8.42. The van der Waals surface area contributed by atoms with E-state index >= 15 is 0 Å². The maximum atomic E-state index is 13.3. The Morgan fingerprint density at radius 1 is 0.973 bits per heavy atom. The van der Waals surface area contributed by atoms with Gasteiger partial charge in [-0.3, -0.25) is 9.59 Å². The number of hydrogen-bond donors (Lipinski definition) is 4. The van der Waals surface area contributed by atoms with Gasteiger partial charge >= 0.3 is 5.97 Å². The van der Waals surface area contributed by atoms with Crippen molar-refractivity contribution in [3.05, 3.63) is 101 Å². The van der Waals surface area contributed by atoms with Crippen LogP contribution in [0.1, 0.15) is 21.5 Å². The molecule has 4 N–H and O–H groups in total. The molecule has 0 spiro atoms. The number of carboxylic acids is 1. The zero-order valence-corrected chi connectivity index (χ0v) is 19.6. The van der Waals surface area contributed by atoms with Crippen molar-refractivity contribution < 1.29 is 29.0 Å². The standard InChI is InChI=1S/C28H23N3O6/c32-26(18-6-2-1-3-7-18)30-22(12-17-10-11-24-25(13-17)37-16-36-24)27(33)31-23(28(34)35)14-19-15-29-21-9-5-4-8-20(19)21/h1-13,15,23,29H,14,16H2,(H,30,32)(H,31,33)(H,34,35)/b22-12-. The topological polar surface area (TPSA) is 130 Å². The Bertz CT molecular complexity index is 1510. The van der Waals surface area contributed by atoms with Crippen LogP contribution in [0, 0.1) is 0 Å². The Hall–Kier alpha value is -5.05. The van der Waals surface area contributed by atoms with Crippen LogP contribution in [-0.2, 0) is 16.0 Å². The number of aliphatic carboxylic acids is 1. The summed E-state index contributed by atoms with van der Waals surface area (Å²) in [4.78, 5) is 41.4. The Morgan fingerprint density at radius 3 is 2.54 bits per heavy atom. The van der Waals surface area contributed by atoms with Crippen LogP contribution in [0.3, 0.4) is 0 Å². The van der Waals surface area contributed by atoms with Crippen LogP contribution >= 0.6 is 0 Å². The van der Waals surface area contributed by atoms with Gasteiger partial charge in [0.2, 0.25) is 6.79 Å². The predicted molar refractivity (Wildman–Crippen MR) is 136 cm³/mol. The average molecular weight is 498 g/mol. The van der Waals surface area contributed by atoms with Crippen molar-refractivity contribution >= 4 is 34.8 Å². The summed E-state index contributed by atoms with van der Waals surface area (Å²) in [6.45, 7) is 0.0920. The van der Waals surface area contributed by atoms with E-state index in [0.29, 0.717) is 22.6 Å². The minimum absolute atomic E-state index is 0.0506. The highest BCUT2D eigenvalue weighted by atomic mass is 16.7. The molecule has 37 heavy (non-hydrogen) atoms. The summed E-state index contributed by atoms with van der Waals surface area (Å²) in [6.07, 6.45) is 3.24. The fourth-order valence-electron chi connectivity index (χ4n) is 4.07. The van der Waals surface area contributed by atoms with Crippen molar-refractivity contribution in [2.75, 3.05) is 6.79 Å². The van der Waals surface area contributed by atoms with E-state index < -0.39 is 23.8 Å². The van der Waals surface area contributed by atoms with Crippen molar-refractivity contribution in [3.8, 4) is 11.5 Å². The van der Waals surface area contributed by atoms with Gasteiger partial charge in [0.25, 0.3) is 11.8 Å². The smallest absolute Gasteiger partial charge is 0.326 e. The molecule has 0 aliphatic carbocycles. The highest BCUT2D eigenvalue weighted by Gasteiger charge is 2.25. The van der Waals surface area contributed by atoms with Gasteiger partial charge in [-0.05, 0) is 47.5 Å². The van der Waals surface area contributed by atoms with Gasteiger partial charge in [0.05, 0.1) is 0 Å². The summed E-state index contributed by atoms with van der Waals surface area (Å²) in [5.74, 6) is -1.37. The molecule has 1 aliphatic heterocycles. The lowest BCUT2D eigenvalue weighted by Gasteiger charge is -2.17. The molecule has 0 radical (unpaired) electrons. The number of ether oxygens (including phenoxy) is 2. The monoisotopic (exact) mass is 497 g/mol. The van der Waals surface area contributed by atoms with Gasteiger partial charge in [0.1, 0.15) is 11.7 Å².